The van der Waals surface area contributed by atoms with Crippen molar-refractivity contribution in [3.05, 3.63) is 48.0 Å². The number of hydrogen-bond acceptors (Lipinski definition) is 6. The molecule has 2 aromatic carbocycles. The third kappa shape index (κ3) is 2.81. The number of aliphatic hydroxyl groups is 1. The van der Waals surface area contributed by atoms with Crippen LogP contribution in [0.3, 0.4) is 0 Å². The van der Waals surface area contributed by atoms with Crippen molar-refractivity contribution in [2.24, 2.45) is 0 Å². The molecule has 0 saturated carbocycles. The number of amidine groups is 1. The molecule has 3 aliphatic rings. The van der Waals surface area contributed by atoms with Gasteiger partial charge in [0.1, 0.15) is 24.7 Å². The Morgan fingerprint density at radius 2 is 1.89 bits per heavy atom. The zero-order valence-electron chi connectivity index (χ0n) is 15.8. The molecule has 1 unspecified atom stereocenters. The van der Waals surface area contributed by atoms with Crippen molar-refractivity contribution in [2.75, 3.05) is 44.1 Å². The normalized spacial score (nSPS) is 23.6. The maximum absolute atomic E-state index is 11.8. The molecule has 0 aliphatic carbocycles. The van der Waals surface area contributed by atoms with E-state index in [0.717, 1.165) is 46.6 Å². The van der Waals surface area contributed by atoms with Gasteiger partial charge in [-0.05, 0) is 60.6 Å². The minimum absolute atomic E-state index is 0.460. The van der Waals surface area contributed by atoms with Crippen molar-refractivity contribution in [2.45, 2.75) is 12.1 Å². The van der Waals surface area contributed by atoms with Crippen LogP contribution in [-0.4, -0.2) is 54.0 Å². The number of β-amino-alcohol motifs (C(OH)–C–C–N with tert-alkyl or cyclic N) is 1. The zero-order chi connectivity index (χ0) is 19.1. The van der Waals surface area contributed by atoms with Crippen molar-refractivity contribution in [3.63, 3.8) is 0 Å². The van der Waals surface area contributed by atoms with Crippen molar-refractivity contribution in [1.82, 2.24) is 0 Å². The maximum Gasteiger partial charge on any atom is 0.316 e. The van der Waals surface area contributed by atoms with E-state index >= 15 is 0 Å². The van der Waals surface area contributed by atoms with Gasteiger partial charge in [0, 0.05) is 11.3 Å². The van der Waals surface area contributed by atoms with Crippen LogP contribution in [-0.2, 0) is 5.72 Å². The molecule has 1 N–H and O–H groups in total. The Labute approximate surface area is 168 Å². The van der Waals surface area contributed by atoms with E-state index in [9.17, 15) is 5.11 Å². The van der Waals surface area contributed by atoms with Gasteiger partial charge in [0.05, 0.1) is 13.7 Å². The van der Waals surface area contributed by atoms with Crippen LogP contribution in [0.25, 0.3) is 0 Å². The van der Waals surface area contributed by atoms with Crippen LogP contribution in [0, 0.1) is 0 Å². The SMILES string of the molecule is COc1ccc(N2CC(O)(c3ccc4c(c3)OCCO4)[N+]3=C2SCCC3)cc1. The van der Waals surface area contributed by atoms with Crippen molar-refractivity contribution < 1.29 is 23.9 Å². The number of ether oxygens (including phenoxy) is 3. The fraction of sp³-hybridized carbons (Fsp3) is 0.381. The van der Waals surface area contributed by atoms with Crippen LogP contribution < -0.4 is 19.1 Å². The molecule has 3 heterocycles. The van der Waals surface area contributed by atoms with E-state index in [0.29, 0.717) is 25.5 Å². The highest BCUT2D eigenvalue weighted by Gasteiger charge is 2.53. The minimum Gasteiger partial charge on any atom is -0.497 e. The molecular formula is C21H23N2O4S+. The highest BCUT2D eigenvalue weighted by atomic mass is 32.2. The second-order valence-electron chi connectivity index (χ2n) is 7.10. The quantitative estimate of drug-likeness (QED) is 0.801. The van der Waals surface area contributed by atoms with Crippen LogP contribution in [0.5, 0.6) is 17.2 Å². The number of hydrogen-bond donors (Lipinski definition) is 1. The molecule has 3 aliphatic heterocycles. The molecule has 28 heavy (non-hydrogen) atoms. The second kappa shape index (κ2) is 6.90. The van der Waals surface area contributed by atoms with Crippen molar-refractivity contribution in [3.8, 4) is 17.2 Å². The predicted octanol–water partition coefficient (Wildman–Crippen LogP) is 2.64. The number of thioether (sulfide) groups is 1. The molecule has 146 valence electrons. The second-order valence-corrected chi connectivity index (χ2v) is 8.16. The molecule has 0 radical (unpaired) electrons. The topological polar surface area (TPSA) is 54.2 Å². The first-order valence-electron chi connectivity index (χ1n) is 9.50. The highest BCUT2D eigenvalue weighted by Crippen LogP contribution is 2.41. The lowest BCUT2D eigenvalue weighted by Gasteiger charge is -2.26. The number of fused-ring (bicyclic) bond motifs is 1. The van der Waals surface area contributed by atoms with Gasteiger partial charge >= 0.3 is 5.17 Å². The summed E-state index contributed by atoms with van der Waals surface area (Å²) in [6, 6.07) is 13.7. The summed E-state index contributed by atoms with van der Waals surface area (Å²) in [6.07, 6.45) is 1.04. The Morgan fingerprint density at radius 3 is 2.68 bits per heavy atom. The largest absolute Gasteiger partial charge is 0.497 e. The van der Waals surface area contributed by atoms with Crippen molar-refractivity contribution in [1.29, 1.82) is 0 Å². The van der Waals surface area contributed by atoms with Gasteiger partial charge in [-0.2, -0.15) is 0 Å². The van der Waals surface area contributed by atoms with Crippen molar-refractivity contribution >= 4 is 22.6 Å². The van der Waals surface area contributed by atoms with E-state index < -0.39 is 5.72 Å². The molecule has 6 nitrogen and oxygen atoms in total. The van der Waals surface area contributed by atoms with E-state index in [1.165, 1.54) is 0 Å². The molecule has 2 aromatic rings. The molecule has 5 rings (SSSR count). The number of rotatable bonds is 3. The lowest BCUT2D eigenvalue weighted by molar-refractivity contribution is -0.656. The average Bonchev–Trinajstić information content (AvgIpc) is 3.08. The third-order valence-corrected chi connectivity index (χ3v) is 6.62. The van der Waals surface area contributed by atoms with E-state index in [2.05, 4.69) is 9.48 Å². The van der Waals surface area contributed by atoms with Gasteiger partial charge < -0.3 is 19.3 Å². The lowest BCUT2D eigenvalue weighted by Crippen LogP contribution is -2.41. The Hall–Kier alpha value is -2.38. The fourth-order valence-electron chi connectivity index (χ4n) is 4.00. The summed E-state index contributed by atoms with van der Waals surface area (Å²) in [5.41, 5.74) is 0.759. The number of nitrogens with zero attached hydrogens (tertiary/aromatic N) is 2. The molecular weight excluding hydrogens is 376 g/mol. The number of benzene rings is 2. The first kappa shape index (κ1) is 17.7. The van der Waals surface area contributed by atoms with Gasteiger partial charge in [-0.25, -0.2) is 9.48 Å². The first-order valence-corrected chi connectivity index (χ1v) is 10.5. The molecule has 0 fully saturated rings. The summed E-state index contributed by atoms with van der Waals surface area (Å²) in [5, 5.41) is 12.9. The molecule has 0 saturated heterocycles. The molecule has 0 spiro atoms. The fourth-order valence-corrected chi connectivity index (χ4v) is 5.18. The number of methoxy groups -OCH3 is 1. The minimum atomic E-state index is -1.11. The summed E-state index contributed by atoms with van der Waals surface area (Å²) in [4.78, 5) is 2.19. The van der Waals surface area contributed by atoms with Gasteiger partial charge in [-0.15, -0.1) is 0 Å². The van der Waals surface area contributed by atoms with Crippen LogP contribution >= 0.6 is 11.8 Å². The summed E-state index contributed by atoms with van der Waals surface area (Å²) >= 11 is 1.79. The van der Waals surface area contributed by atoms with Gasteiger partial charge in [0.25, 0.3) is 5.72 Å². The van der Waals surface area contributed by atoms with Gasteiger partial charge in [0.15, 0.2) is 18.0 Å². The van der Waals surface area contributed by atoms with E-state index in [4.69, 9.17) is 14.2 Å². The molecule has 7 heteroatoms. The monoisotopic (exact) mass is 399 g/mol. The maximum atomic E-state index is 11.8. The molecule has 0 bridgehead atoms. The zero-order valence-corrected chi connectivity index (χ0v) is 16.6. The van der Waals surface area contributed by atoms with E-state index in [1.54, 1.807) is 18.9 Å². The summed E-state index contributed by atoms with van der Waals surface area (Å²) < 4.78 is 18.8. The van der Waals surface area contributed by atoms with Crippen LogP contribution in [0.2, 0.25) is 0 Å². The highest BCUT2D eigenvalue weighted by molar-refractivity contribution is 8.13. The smallest absolute Gasteiger partial charge is 0.316 e. The van der Waals surface area contributed by atoms with E-state index in [-0.39, 0.29) is 0 Å². The van der Waals surface area contributed by atoms with Gasteiger partial charge in [-0.1, -0.05) is 0 Å². The van der Waals surface area contributed by atoms with Crippen LogP contribution in [0.1, 0.15) is 12.0 Å². The predicted molar refractivity (Wildman–Crippen MR) is 109 cm³/mol. The number of anilines is 1. The Balaban J connectivity index is 1.55. The molecule has 0 amide bonds. The first-order chi connectivity index (χ1) is 13.7. The van der Waals surface area contributed by atoms with Crippen LogP contribution in [0.4, 0.5) is 5.69 Å². The Bertz CT molecular complexity index is 931. The molecule has 0 aromatic heterocycles. The Kier molecular flexibility index (Phi) is 4.36. The summed E-state index contributed by atoms with van der Waals surface area (Å²) in [7, 11) is 1.67. The van der Waals surface area contributed by atoms with Gasteiger partial charge in [0.2, 0.25) is 0 Å². The average molecular weight is 399 g/mol. The summed E-state index contributed by atoms with van der Waals surface area (Å²) in [5.74, 6) is 3.31. The lowest BCUT2D eigenvalue weighted by atomic mass is 10.0. The standard InChI is InChI=1S/C21H23N2O4S/c1-25-17-6-4-16(5-7-17)22-14-21(24,23-9-2-12-28-20(22)23)15-3-8-18-19(13-15)27-11-10-26-18/h3-8,13,24H,2,9-12,14H2,1H3/q+1. The van der Waals surface area contributed by atoms with Gasteiger partial charge in [-0.3, -0.25) is 0 Å². The summed E-state index contributed by atoms with van der Waals surface area (Å²) in [6.45, 7) is 2.37. The van der Waals surface area contributed by atoms with E-state index in [1.807, 2.05) is 42.5 Å². The molecule has 1 atom stereocenters. The third-order valence-electron chi connectivity index (χ3n) is 5.43. The van der Waals surface area contributed by atoms with Crippen LogP contribution in [0.15, 0.2) is 42.5 Å². The Morgan fingerprint density at radius 1 is 1.11 bits per heavy atom.